The smallest absolute Gasteiger partial charge is 0.480 e. The van der Waals surface area contributed by atoms with Gasteiger partial charge in [-0.2, -0.15) is 21.6 Å². The van der Waals surface area contributed by atoms with Crippen LogP contribution in [-0.4, -0.2) is 51.8 Å². The van der Waals surface area contributed by atoms with E-state index in [0.717, 1.165) is 43.3 Å². The number of benzene rings is 2. The van der Waals surface area contributed by atoms with Crippen molar-refractivity contribution in [3.63, 3.8) is 0 Å². The number of alkyl halides is 3. The van der Waals surface area contributed by atoms with E-state index in [-0.39, 0.29) is 22.0 Å². The highest BCUT2D eigenvalue weighted by atomic mass is 35.5. The fourth-order valence-corrected chi connectivity index (χ4v) is 6.45. The Morgan fingerprint density at radius 1 is 1.08 bits per heavy atom. The molecule has 214 valence electrons. The van der Waals surface area contributed by atoms with E-state index in [9.17, 15) is 44.7 Å². The number of hydrogen-bond donors (Lipinski definition) is 3. The highest BCUT2D eigenvalue weighted by Gasteiger charge is 2.53. The molecule has 10 nitrogen and oxygen atoms in total. The van der Waals surface area contributed by atoms with Gasteiger partial charge < -0.3 is 14.6 Å². The monoisotopic (exact) mass is 632 g/mol. The molecule has 0 radical (unpaired) electrons. The second kappa shape index (κ2) is 11.2. The second-order valence-corrected chi connectivity index (χ2v) is 12.9. The van der Waals surface area contributed by atoms with Crippen LogP contribution in [0.4, 0.5) is 13.2 Å². The van der Waals surface area contributed by atoms with Gasteiger partial charge in [0.15, 0.2) is 5.78 Å². The number of carboxylic acid groups (broad SMARTS) is 1. The predicted molar refractivity (Wildman–Crippen MR) is 133 cm³/mol. The first-order chi connectivity index (χ1) is 17.9. The van der Waals surface area contributed by atoms with Gasteiger partial charge in [-0.15, -0.1) is 0 Å². The number of carboxylic acids is 1. The molecule has 3 rings (SSSR count). The van der Waals surface area contributed by atoms with Crippen molar-refractivity contribution >= 4 is 55.1 Å². The first kappa shape index (κ1) is 31.1. The largest absolute Gasteiger partial charge is 0.534 e. The molecule has 0 aromatic heterocycles. The van der Waals surface area contributed by atoms with Crippen LogP contribution in [0.5, 0.6) is 5.75 Å². The van der Waals surface area contributed by atoms with Crippen molar-refractivity contribution in [2.45, 2.75) is 42.3 Å². The van der Waals surface area contributed by atoms with Gasteiger partial charge in [-0.25, -0.2) is 13.1 Å². The number of ketones is 1. The molecule has 2 aromatic carbocycles. The normalized spacial score (nSPS) is 18.8. The zero-order valence-corrected chi connectivity index (χ0v) is 23.0. The molecule has 0 spiro atoms. The molecule has 1 aliphatic rings. The number of carbonyl (C=O) groups is 2. The highest BCUT2D eigenvalue weighted by molar-refractivity contribution is 7.89. The van der Waals surface area contributed by atoms with Gasteiger partial charge in [0.05, 0.1) is 17.0 Å². The number of rotatable bonds is 10. The third-order valence-electron chi connectivity index (χ3n) is 6.03. The van der Waals surface area contributed by atoms with Gasteiger partial charge in [0.1, 0.15) is 11.2 Å². The minimum atomic E-state index is -6.02. The van der Waals surface area contributed by atoms with Crippen LogP contribution in [0.1, 0.15) is 31.4 Å². The maximum Gasteiger partial charge on any atom is 0.534 e. The standard InChI is InChI=1S/C22H21Cl2F3N2O8S2/c1-21(20(31)32,19(30)17-3-2-8-28-17)18(29-38(33,34)16-10-13(23)9-14(24)11-16)12-4-6-15(7-5-12)37-39(35,36)22(25,26)27/h4-7,9-11,17-18,28-29H,2-3,8H2,1H3,(H,31,32)/t17?,18-,21+/m1/s1. The Morgan fingerprint density at radius 3 is 2.10 bits per heavy atom. The number of hydrogen-bond acceptors (Lipinski definition) is 8. The van der Waals surface area contributed by atoms with Crippen LogP contribution in [0, 0.1) is 5.41 Å². The van der Waals surface area contributed by atoms with Crippen molar-refractivity contribution in [3.8, 4) is 5.75 Å². The van der Waals surface area contributed by atoms with Crippen LogP contribution in [0.2, 0.25) is 10.0 Å². The van der Waals surface area contributed by atoms with Crippen LogP contribution in [-0.2, 0) is 29.7 Å². The Morgan fingerprint density at radius 2 is 1.64 bits per heavy atom. The molecule has 0 saturated carbocycles. The zero-order valence-electron chi connectivity index (χ0n) is 19.8. The van der Waals surface area contributed by atoms with E-state index in [2.05, 4.69) is 14.2 Å². The Kier molecular flexibility index (Phi) is 8.94. The van der Waals surface area contributed by atoms with Gasteiger partial charge >= 0.3 is 21.6 Å². The van der Waals surface area contributed by atoms with Crippen molar-refractivity contribution in [2.75, 3.05) is 6.54 Å². The topological polar surface area (TPSA) is 156 Å². The summed E-state index contributed by atoms with van der Waals surface area (Å²) in [6.07, 6.45) is 0.844. The van der Waals surface area contributed by atoms with E-state index in [1.54, 1.807) is 0 Å². The van der Waals surface area contributed by atoms with Gasteiger partial charge in [-0.05, 0) is 62.2 Å². The number of halogens is 5. The minimum absolute atomic E-state index is 0.0565. The van der Waals surface area contributed by atoms with E-state index in [1.807, 2.05) is 0 Å². The molecular formula is C22H21Cl2F3N2O8S2. The molecule has 0 amide bonds. The number of Topliss-reactive ketones (excluding diaryl/α,β-unsaturated/α-hetero) is 1. The summed E-state index contributed by atoms with van der Waals surface area (Å²) >= 11 is 11.8. The maximum atomic E-state index is 13.5. The summed E-state index contributed by atoms with van der Waals surface area (Å²) in [5.74, 6) is -3.34. The van der Waals surface area contributed by atoms with E-state index in [0.29, 0.717) is 13.0 Å². The average molecular weight is 633 g/mol. The summed E-state index contributed by atoms with van der Waals surface area (Å²) in [4.78, 5) is 25.6. The summed E-state index contributed by atoms with van der Waals surface area (Å²) in [5, 5.41) is 12.9. The number of carbonyl (C=O) groups excluding carboxylic acids is 1. The number of nitrogens with one attached hydrogen (secondary N) is 2. The summed E-state index contributed by atoms with van der Waals surface area (Å²) in [5.41, 5.74) is -8.36. The van der Waals surface area contributed by atoms with Crippen LogP contribution in [0.25, 0.3) is 0 Å². The van der Waals surface area contributed by atoms with Gasteiger partial charge in [-0.3, -0.25) is 9.59 Å². The van der Waals surface area contributed by atoms with Gasteiger partial charge in [0, 0.05) is 10.0 Å². The molecule has 1 saturated heterocycles. The molecule has 2 aromatic rings. The maximum absolute atomic E-state index is 13.5. The molecule has 3 atom stereocenters. The summed E-state index contributed by atoms with van der Waals surface area (Å²) in [7, 11) is -10.6. The lowest BCUT2D eigenvalue weighted by atomic mass is 9.73. The van der Waals surface area contributed by atoms with Gasteiger partial charge in [0.25, 0.3) is 0 Å². The Bertz CT molecular complexity index is 1460. The Balaban J connectivity index is 2.12. The quantitative estimate of drug-likeness (QED) is 0.202. The predicted octanol–water partition coefficient (Wildman–Crippen LogP) is 3.65. The lowest BCUT2D eigenvalue weighted by Crippen LogP contribution is -2.54. The fourth-order valence-electron chi connectivity index (χ4n) is 3.96. The van der Waals surface area contributed by atoms with Gasteiger partial charge in [-0.1, -0.05) is 35.3 Å². The first-order valence-electron chi connectivity index (χ1n) is 11.0. The molecule has 1 heterocycles. The number of aliphatic carboxylic acids is 1. The third kappa shape index (κ3) is 6.66. The zero-order chi connectivity index (χ0) is 29.4. The molecule has 1 unspecified atom stereocenters. The van der Waals surface area contributed by atoms with Crippen LogP contribution < -0.4 is 14.2 Å². The summed E-state index contributed by atoms with van der Waals surface area (Å²) in [6, 6.07) is 3.97. The molecule has 39 heavy (non-hydrogen) atoms. The summed E-state index contributed by atoms with van der Waals surface area (Å²) < 4.78 is 93.6. The van der Waals surface area contributed by atoms with Crippen LogP contribution >= 0.6 is 23.2 Å². The van der Waals surface area contributed by atoms with Crippen LogP contribution in [0.15, 0.2) is 47.4 Å². The first-order valence-corrected chi connectivity index (χ1v) is 14.6. The van der Waals surface area contributed by atoms with Crippen molar-refractivity contribution in [1.29, 1.82) is 0 Å². The average Bonchev–Trinajstić information content (AvgIpc) is 3.35. The molecule has 0 aliphatic carbocycles. The van der Waals surface area contributed by atoms with Gasteiger partial charge in [0.2, 0.25) is 10.0 Å². The Labute approximate surface area is 231 Å². The van der Waals surface area contributed by atoms with E-state index < -0.39 is 65.5 Å². The summed E-state index contributed by atoms with van der Waals surface area (Å²) in [6.45, 7) is 1.43. The van der Waals surface area contributed by atoms with Crippen LogP contribution in [0.3, 0.4) is 0 Å². The van der Waals surface area contributed by atoms with Crippen molar-refractivity contribution in [1.82, 2.24) is 10.0 Å². The lowest BCUT2D eigenvalue weighted by molar-refractivity contribution is -0.156. The van der Waals surface area contributed by atoms with Crippen molar-refractivity contribution in [2.24, 2.45) is 5.41 Å². The molecule has 17 heteroatoms. The minimum Gasteiger partial charge on any atom is -0.480 e. The third-order valence-corrected chi connectivity index (χ3v) is 8.85. The Hall–Kier alpha value is -2.43. The lowest BCUT2D eigenvalue weighted by Gasteiger charge is -2.35. The molecule has 3 N–H and O–H groups in total. The molecule has 0 bridgehead atoms. The highest BCUT2D eigenvalue weighted by Crippen LogP contribution is 2.40. The van der Waals surface area contributed by atoms with Crippen molar-refractivity contribution < 1.29 is 48.9 Å². The SMILES string of the molecule is C[C@@](C(=O)O)(C(=O)C1CCCN1)[C@H](NS(=O)(=O)c1cc(Cl)cc(Cl)c1)c1ccc(OS(=O)(=O)C(F)(F)F)cc1. The van der Waals surface area contributed by atoms with Crippen molar-refractivity contribution in [3.05, 3.63) is 58.1 Å². The second-order valence-electron chi connectivity index (χ2n) is 8.73. The number of sulfonamides is 1. The fraction of sp³-hybridized carbons (Fsp3) is 0.364. The molecule has 1 fully saturated rings. The van der Waals surface area contributed by atoms with E-state index in [1.165, 1.54) is 6.07 Å². The van der Waals surface area contributed by atoms with E-state index in [4.69, 9.17) is 23.2 Å². The van der Waals surface area contributed by atoms with E-state index >= 15 is 0 Å². The molecular weight excluding hydrogens is 612 g/mol. The molecule has 1 aliphatic heterocycles.